The summed E-state index contributed by atoms with van der Waals surface area (Å²) in [5, 5.41) is 0. The van der Waals surface area contributed by atoms with Crippen LogP contribution in [0.15, 0.2) is 48.5 Å². The van der Waals surface area contributed by atoms with Gasteiger partial charge in [0.05, 0.1) is 14.2 Å². The second-order valence-corrected chi connectivity index (χ2v) is 4.85. The minimum atomic E-state index is -0.412. The van der Waals surface area contributed by atoms with Crippen LogP contribution in [0, 0.1) is 0 Å². The molecular formula is C17H16O4. The summed E-state index contributed by atoms with van der Waals surface area (Å²) >= 11 is 0. The Balaban J connectivity index is 1.72. The predicted octanol–water partition coefficient (Wildman–Crippen LogP) is 3.03. The Morgan fingerprint density at radius 1 is 1.00 bits per heavy atom. The van der Waals surface area contributed by atoms with Crippen LogP contribution in [0.4, 0.5) is 0 Å². The first-order chi connectivity index (χ1) is 10.2. The molecule has 2 atom stereocenters. The van der Waals surface area contributed by atoms with Crippen molar-refractivity contribution in [2.75, 3.05) is 14.2 Å². The maximum absolute atomic E-state index is 12.3. The molecule has 3 rings (SSSR count). The van der Waals surface area contributed by atoms with Gasteiger partial charge in [-0.05, 0) is 42.0 Å². The first-order valence-electron chi connectivity index (χ1n) is 6.70. The molecule has 0 aliphatic carbocycles. The lowest BCUT2D eigenvalue weighted by Gasteiger charge is -2.02. The number of ketones is 1. The topological polar surface area (TPSA) is 48.1 Å². The molecule has 21 heavy (non-hydrogen) atoms. The Kier molecular flexibility index (Phi) is 3.62. The summed E-state index contributed by atoms with van der Waals surface area (Å²) in [7, 11) is 3.21. The fourth-order valence-corrected chi connectivity index (χ4v) is 2.30. The molecule has 1 fully saturated rings. The molecule has 1 heterocycles. The van der Waals surface area contributed by atoms with E-state index in [4.69, 9.17) is 14.2 Å². The van der Waals surface area contributed by atoms with Crippen LogP contribution in [0.2, 0.25) is 0 Å². The van der Waals surface area contributed by atoms with Crippen molar-refractivity contribution in [2.45, 2.75) is 12.2 Å². The number of hydrogen-bond acceptors (Lipinski definition) is 4. The van der Waals surface area contributed by atoms with Crippen molar-refractivity contribution in [3.8, 4) is 11.5 Å². The van der Waals surface area contributed by atoms with E-state index in [-0.39, 0.29) is 11.9 Å². The van der Waals surface area contributed by atoms with Crippen molar-refractivity contribution in [1.29, 1.82) is 0 Å². The fraction of sp³-hybridized carbons (Fsp3) is 0.235. The van der Waals surface area contributed by atoms with Gasteiger partial charge in [-0.2, -0.15) is 0 Å². The Hall–Kier alpha value is -2.33. The van der Waals surface area contributed by atoms with E-state index >= 15 is 0 Å². The predicted molar refractivity (Wildman–Crippen MR) is 77.9 cm³/mol. The van der Waals surface area contributed by atoms with Gasteiger partial charge in [0.2, 0.25) is 0 Å². The standard InChI is InChI=1S/C17H16O4/c1-19-13-8-6-11(7-9-13)15(18)17-16(21-17)12-4-3-5-14(10-12)20-2/h3-10,16-17H,1-2H3. The highest BCUT2D eigenvalue weighted by molar-refractivity contribution is 6.01. The number of carbonyl (C=O) groups is 1. The summed E-state index contributed by atoms with van der Waals surface area (Å²) < 4.78 is 15.8. The maximum atomic E-state index is 12.3. The second kappa shape index (κ2) is 5.58. The van der Waals surface area contributed by atoms with Crippen LogP contribution in [0.3, 0.4) is 0 Å². The van der Waals surface area contributed by atoms with Gasteiger partial charge < -0.3 is 14.2 Å². The molecule has 1 saturated heterocycles. The van der Waals surface area contributed by atoms with E-state index in [1.807, 2.05) is 24.3 Å². The van der Waals surface area contributed by atoms with Crippen molar-refractivity contribution in [3.05, 3.63) is 59.7 Å². The van der Waals surface area contributed by atoms with Gasteiger partial charge in [0, 0.05) is 5.56 Å². The lowest BCUT2D eigenvalue weighted by atomic mass is 10.0. The van der Waals surface area contributed by atoms with E-state index in [1.54, 1.807) is 38.5 Å². The summed E-state index contributed by atoms with van der Waals surface area (Å²) in [6, 6.07) is 14.7. The molecule has 2 unspecified atom stereocenters. The van der Waals surface area contributed by atoms with E-state index in [0.29, 0.717) is 5.56 Å². The smallest absolute Gasteiger partial charge is 0.194 e. The molecule has 0 amide bonds. The molecule has 0 saturated carbocycles. The first-order valence-corrected chi connectivity index (χ1v) is 6.70. The van der Waals surface area contributed by atoms with Crippen LogP contribution in [0.5, 0.6) is 11.5 Å². The number of epoxide rings is 1. The molecule has 1 aliphatic rings. The Morgan fingerprint density at radius 3 is 2.38 bits per heavy atom. The maximum Gasteiger partial charge on any atom is 0.194 e. The molecule has 2 aromatic rings. The molecule has 4 heteroatoms. The number of methoxy groups -OCH3 is 2. The monoisotopic (exact) mass is 284 g/mol. The molecule has 0 spiro atoms. The van der Waals surface area contributed by atoms with Crippen LogP contribution in [0.25, 0.3) is 0 Å². The molecule has 0 aromatic heterocycles. The zero-order chi connectivity index (χ0) is 14.8. The zero-order valence-corrected chi connectivity index (χ0v) is 11.9. The lowest BCUT2D eigenvalue weighted by Crippen LogP contribution is -2.08. The second-order valence-electron chi connectivity index (χ2n) is 4.85. The SMILES string of the molecule is COc1ccc(C(=O)C2OC2c2cccc(OC)c2)cc1. The van der Waals surface area contributed by atoms with Gasteiger partial charge in [0.15, 0.2) is 11.9 Å². The number of ether oxygens (including phenoxy) is 3. The van der Waals surface area contributed by atoms with Crippen molar-refractivity contribution in [3.63, 3.8) is 0 Å². The Labute approximate surface area is 123 Å². The highest BCUT2D eigenvalue weighted by Crippen LogP contribution is 2.41. The van der Waals surface area contributed by atoms with Gasteiger partial charge in [0.1, 0.15) is 17.6 Å². The van der Waals surface area contributed by atoms with Gasteiger partial charge >= 0.3 is 0 Å². The number of carbonyl (C=O) groups excluding carboxylic acids is 1. The van der Waals surface area contributed by atoms with Crippen LogP contribution in [-0.2, 0) is 4.74 Å². The number of benzene rings is 2. The number of Topliss-reactive ketones (excluding diaryl/α,β-unsaturated/α-hetero) is 1. The van der Waals surface area contributed by atoms with Crippen LogP contribution < -0.4 is 9.47 Å². The van der Waals surface area contributed by atoms with E-state index in [9.17, 15) is 4.79 Å². The molecule has 0 N–H and O–H groups in total. The highest BCUT2D eigenvalue weighted by Gasteiger charge is 2.46. The summed E-state index contributed by atoms with van der Waals surface area (Å²) in [6.45, 7) is 0. The third-order valence-electron chi connectivity index (χ3n) is 3.55. The van der Waals surface area contributed by atoms with E-state index in [2.05, 4.69) is 0 Å². The van der Waals surface area contributed by atoms with Gasteiger partial charge in [-0.25, -0.2) is 0 Å². The lowest BCUT2D eigenvalue weighted by molar-refractivity contribution is 0.0953. The number of hydrogen-bond donors (Lipinski definition) is 0. The molecule has 1 aliphatic heterocycles. The largest absolute Gasteiger partial charge is 0.497 e. The average Bonchev–Trinajstić information content (AvgIpc) is 3.35. The number of rotatable bonds is 5. The van der Waals surface area contributed by atoms with E-state index < -0.39 is 6.10 Å². The van der Waals surface area contributed by atoms with E-state index in [1.165, 1.54) is 0 Å². The van der Waals surface area contributed by atoms with Crippen LogP contribution in [0.1, 0.15) is 22.0 Å². The van der Waals surface area contributed by atoms with Crippen molar-refractivity contribution < 1.29 is 19.0 Å². The van der Waals surface area contributed by atoms with Gasteiger partial charge in [-0.1, -0.05) is 12.1 Å². The molecular weight excluding hydrogens is 268 g/mol. The van der Waals surface area contributed by atoms with Crippen LogP contribution >= 0.6 is 0 Å². The van der Waals surface area contributed by atoms with Gasteiger partial charge in [-0.3, -0.25) is 4.79 Å². The molecule has 0 radical (unpaired) electrons. The summed E-state index contributed by atoms with van der Waals surface area (Å²) in [5.74, 6) is 1.48. The van der Waals surface area contributed by atoms with Gasteiger partial charge in [0.25, 0.3) is 0 Å². The van der Waals surface area contributed by atoms with Crippen molar-refractivity contribution >= 4 is 5.78 Å². The molecule has 108 valence electrons. The van der Waals surface area contributed by atoms with E-state index in [0.717, 1.165) is 17.1 Å². The summed E-state index contributed by atoms with van der Waals surface area (Å²) in [4.78, 5) is 12.3. The normalized spacial score (nSPS) is 19.9. The summed E-state index contributed by atoms with van der Waals surface area (Å²) in [5.41, 5.74) is 1.59. The zero-order valence-electron chi connectivity index (χ0n) is 11.9. The molecule has 0 bridgehead atoms. The van der Waals surface area contributed by atoms with Crippen molar-refractivity contribution in [2.24, 2.45) is 0 Å². The minimum absolute atomic E-state index is 0.00882. The average molecular weight is 284 g/mol. The third-order valence-corrected chi connectivity index (χ3v) is 3.55. The van der Waals surface area contributed by atoms with Crippen molar-refractivity contribution in [1.82, 2.24) is 0 Å². The summed E-state index contributed by atoms with van der Waals surface area (Å²) in [6.07, 6.45) is -0.597. The minimum Gasteiger partial charge on any atom is -0.497 e. The third kappa shape index (κ3) is 2.76. The van der Waals surface area contributed by atoms with Gasteiger partial charge in [-0.15, -0.1) is 0 Å². The molecule has 2 aromatic carbocycles. The fourth-order valence-electron chi connectivity index (χ4n) is 2.30. The Morgan fingerprint density at radius 2 is 1.71 bits per heavy atom. The highest BCUT2D eigenvalue weighted by atomic mass is 16.6. The quantitative estimate of drug-likeness (QED) is 0.625. The first kappa shape index (κ1) is 13.6. The molecule has 4 nitrogen and oxygen atoms in total. The Bertz CT molecular complexity index is 648. The van der Waals surface area contributed by atoms with Crippen LogP contribution in [-0.4, -0.2) is 26.1 Å².